The van der Waals surface area contributed by atoms with Crippen LogP contribution in [0.25, 0.3) is 0 Å². The Morgan fingerprint density at radius 2 is 2.33 bits per heavy atom. The Balaban J connectivity index is 2.03. The summed E-state index contributed by atoms with van der Waals surface area (Å²) in [7, 11) is 0. The molecule has 2 rings (SSSR count). The Bertz CT molecular complexity index is 507. The van der Waals surface area contributed by atoms with Crippen molar-refractivity contribution in [3.8, 4) is 0 Å². The van der Waals surface area contributed by atoms with Crippen molar-refractivity contribution in [1.29, 1.82) is 0 Å². The number of benzene rings is 1. The maximum Gasteiger partial charge on any atom is 0.273 e. The summed E-state index contributed by atoms with van der Waals surface area (Å²) in [5, 5.41) is 6.07. The molecule has 0 saturated carbocycles. The molecule has 0 atom stereocenters. The monoisotopic (exact) mass is 244 g/mol. The van der Waals surface area contributed by atoms with Gasteiger partial charge in [0.25, 0.3) is 5.91 Å². The maximum absolute atomic E-state index is 11.8. The largest absolute Gasteiger partial charge is 0.341 e. The van der Waals surface area contributed by atoms with Crippen LogP contribution in [-0.4, -0.2) is 22.4 Å². The van der Waals surface area contributed by atoms with Crippen molar-refractivity contribution in [3.05, 3.63) is 48.0 Å². The molecule has 1 aromatic heterocycles. The Labute approximate surface area is 106 Å². The molecule has 3 N–H and O–H groups in total. The van der Waals surface area contributed by atoms with E-state index in [1.165, 1.54) is 12.5 Å². The number of rotatable bonds is 5. The minimum absolute atomic E-state index is 0.187. The van der Waals surface area contributed by atoms with E-state index in [0.717, 1.165) is 24.3 Å². The highest BCUT2D eigenvalue weighted by atomic mass is 16.1. The zero-order valence-electron chi connectivity index (χ0n) is 10.2. The number of anilines is 1. The quantitative estimate of drug-likeness (QED) is 0.750. The summed E-state index contributed by atoms with van der Waals surface area (Å²) in [5.41, 5.74) is 2.37. The first-order chi connectivity index (χ1) is 8.79. The number of carbonyl (C=O) groups excluding carboxylic acids is 1. The fraction of sp³-hybridized carbons (Fsp3) is 0.231. The van der Waals surface area contributed by atoms with Gasteiger partial charge in [-0.1, -0.05) is 19.1 Å². The van der Waals surface area contributed by atoms with E-state index in [4.69, 9.17) is 0 Å². The van der Waals surface area contributed by atoms with E-state index in [9.17, 15) is 4.79 Å². The lowest BCUT2D eigenvalue weighted by atomic mass is 10.2. The van der Waals surface area contributed by atoms with Crippen LogP contribution < -0.4 is 10.6 Å². The van der Waals surface area contributed by atoms with E-state index in [1.807, 2.05) is 24.3 Å². The molecule has 18 heavy (non-hydrogen) atoms. The third-order valence-corrected chi connectivity index (χ3v) is 2.51. The third-order valence-electron chi connectivity index (χ3n) is 2.51. The predicted octanol–water partition coefficient (Wildman–Crippen LogP) is 1.77. The Hall–Kier alpha value is -2.14. The molecule has 0 aliphatic carbocycles. The van der Waals surface area contributed by atoms with E-state index in [2.05, 4.69) is 27.5 Å². The number of nitrogens with one attached hydrogen (secondary N) is 3. The highest BCUT2D eigenvalue weighted by Crippen LogP contribution is 2.11. The highest BCUT2D eigenvalue weighted by Gasteiger charge is 2.06. The van der Waals surface area contributed by atoms with Gasteiger partial charge in [-0.2, -0.15) is 0 Å². The first kappa shape index (κ1) is 12.3. The molecule has 0 aliphatic heterocycles. The molecule has 0 aliphatic rings. The van der Waals surface area contributed by atoms with Crippen molar-refractivity contribution in [2.75, 3.05) is 11.9 Å². The van der Waals surface area contributed by atoms with Crippen molar-refractivity contribution < 1.29 is 4.79 Å². The van der Waals surface area contributed by atoms with Crippen LogP contribution in [0.1, 0.15) is 23.0 Å². The molecule has 0 fully saturated rings. The summed E-state index contributed by atoms with van der Waals surface area (Å²) in [6, 6.07) is 7.77. The van der Waals surface area contributed by atoms with Crippen LogP contribution in [0, 0.1) is 0 Å². The topological polar surface area (TPSA) is 69.8 Å². The molecule has 2 aromatic rings. The van der Waals surface area contributed by atoms with Gasteiger partial charge in [0.1, 0.15) is 5.69 Å². The van der Waals surface area contributed by atoms with Crippen molar-refractivity contribution in [2.24, 2.45) is 0 Å². The Morgan fingerprint density at radius 3 is 3.06 bits per heavy atom. The van der Waals surface area contributed by atoms with E-state index < -0.39 is 0 Å². The normalized spacial score (nSPS) is 10.3. The zero-order chi connectivity index (χ0) is 12.8. The number of carbonyl (C=O) groups is 1. The van der Waals surface area contributed by atoms with Crippen molar-refractivity contribution in [1.82, 2.24) is 15.3 Å². The molecule has 1 heterocycles. The van der Waals surface area contributed by atoms with Gasteiger partial charge >= 0.3 is 0 Å². The van der Waals surface area contributed by atoms with Crippen LogP contribution in [0.5, 0.6) is 0 Å². The second-order valence-electron chi connectivity index (χ2n) is 3.90. The van der Waals surface area contributed by atoms with E-state index in [-0.39, 0.29) is 5.91 Å². The van der Waals surface area contributed by atoms with Gasteiger partial charge in [-0.3, -0.25) is 4.79 Å². The van der Waals surface area contributed by atoms with Crippen LogP contribution in [0.4, 0.5) is 5.69 Å². The number of aromatic nitrogens is 2. The van der Waals surface area contributed by atoms with Crippen molar-refractivity contribution in [3.63, 3.8) is 0 Å². The molecule has 5 nitrogen and oxygen atoms in total. The molecule has 0 unspecified atom stereocenters. The predicted molar refractivity (Wildman–Crippen MR) is 70.4 cm³/mol. The second kappa shape index (κ2) is 5.97. The number of aromatic amines is 1. The van der Waals surface area contributed by atoms with Gasteiger partial charge in [-0.25, -0.2) is 4.98 Å². The van der Waals surface area contributed by atoms with Crippen LogP contribution in [0.3, 0.4) is 0 Å². The number of imidazole rings is 1. The first-order valence-electron chi connectivity index (χ1n) is 5.89. The van der Waals surface area contributed by atoms with Gasteiger partial charge < -0.3 is 15.6 Å². The van der Waals surface area contributed by atoms with Crippen LogP contribution >= 0.6 is 0 Å². The number of H-pyrrole nitrogens is 1. The smallest absolute Gasteiger partial charge is 0.273 e. The average molecular weight is 244 g/mol. The van der Waals surface area contributed by atoms with Gasteiger partial charge in [0.15, 0.2) is 0 Å². The fourth-order valence-corrected chi connectivity index (χ4v) is 1.61. The third kappa shape index (κ3) is 3.18. The highest BCUT2D eigenvalue weighted by molar-refractivity contribution is 6.02. The summed E-state index contributed by atoms with van der Waals surface area (Å²) in [6.07, 6.45) is 2.98. The maximum atomic E-state index is 11.8. The Kier molecular flexibility index (Phi) is 4.09. The number of hydrogen-bond acceptors (Lipinski definition) is 3. The molecular weight excluding hydrogens is 228 g/mol. The zero-order valence-corrected chi connectivity index (χ0v) is 10.2. The van der Waals surface area contributed by atoms with E-state index in [0.29, 0.717) is 5.69 Å². The summed E-state index contributed by atoms with van der Waals surface area (Å²) in [6.45, 7) is 3.78. The minimum atomic E-state index is -0.187. The summed E-state index contributed by atoms with van der Waals surface area (Å²) < 4.78 is 0. The van der Waals surface area contributed by atoms with E-state index >= 15 is 0 Å². The number of amides is 1. The fourth-order valence-electron chi connectivity index (χ4n) is 1.61. The Morgan fingerprint density at radius 1 is 1.44 bits per heavy atom. The first-order valence-corrected chi connectivity index (χ1v) is 5.89. The molecule has 0 bridgehead atoms. The van der Waals surface area contributed by atoms with Gasteiger partial charge in [0.05, 0.1) is 12.5 Å². The van der Waals surface area contributed by atoms with Gasteiger partial charge in [-0.15, -0.1) is 0 Å². The number of hydrogen-bond donors (Lipinski definition) is 3. The lowest BCUT2D eigenvalue weighted by Crippen LogP contribution is -2.14. The standard InChI is InChI=1S/C13H16N4O/c1-2-14-7-10-4-3-5-11(6-10)17-13(18)12-8-15-9-16-12/h3-6,8-9,14H,2,7H2,1H3,(H,15,16)(H,17,18). The number of nitrogens with zero attached hydrogens (tertiary/aromatic N) is 1. The van der Waals surface area contributed by atoms with Crippen LogP contribution in [0.2, 0.25) is 0 Å². The molecule has 0 saturated heterocycles. The average Bonchev–Trinajstić information content (AvgIpc) is 2.91. The van der Waals surface area contributed by atoms with Crippen LogP contribution in [0.15, 0.2) is 36.8 Å². The minimum Gasteiger partial charge on any atom is -0.341 e. The summed E-state index contributed by atoms with van der Waals surface area (Å²) in [5.74, 6) is -0.187. The van der Waals surface area contributed by atoms with E-state index in [1.54, 1.807) is 0 Å². The van der Waals surface area contributed by atoms with Gasteiger partial charge in [0.2, 0.25) is 0 Å². The van der Waals surface area contributed by atoms with Crippen molar-refractivity contribution >= 4 is 11.6 Å². The molecule has 94 valence electrons. The molecule has 1 aromatic carbocycles. The van der Waals surface area contributed by atoms with Gasteiger partial charge in [0, 0.05) is 12.2 Å². The van der Waals surface area contributed by atoms with Gasteiger partial charge in [-0.05, 0) is 24.2 Å². The molecular formula is C13H16N4O. The lowest BCUT2D eigenvalue weighted by molar-refractivity contribution is 0.102. The molecule has 0 radical (unpaired) electrons. The molecule has 5 heteroatoms. The SMILES string of the molecule is CCNCc1cccc(NC(=O)c2cnc[nH]2)c1. The molecule has 0 spiro atoms. The summed E-state index contributed by atoms with van der Waals surface area (Å²) >= 11 is 0. The summed E-state index contributed by atoms with van der Waals surface area (Å²) in [4.78, 5) is 18.4. The molecule has 1 amide bonds. The second-order valence-corrected chi connectivity index (χ2v) is 3.90. The lowest BCUT2D eigenvalue weighted by Gasteiger charge is -2.07. The van der Waals surface area contributed by atoms with Crippen molar-refractivity contribution in [2.45, 2.75) is 13.5 Å². The van der Waals surface area contributed by atoms with Crippen LogP contribution in [-0.2, 0) is 6.54 Å².